The van der Waals surface area contributed by atoms with Crippen molar-refractivity contribution in [1.82, 2.24) is 9.88 Å². The van der Waals surface area contributed by atoms with Crippen LogP contribution in [0.4, 0.5) is 0 Å². The lowest BCUT2D eigenvalue weighted by atomic mass is 10.1. The Morgan fingerprint density at radius 3 is 2.25 bits per heavy atom. The minimum atomic E-state index is -0.00986. The zero-order chi connectivity index (χ0) is 12.3. The van der Waals surface area contributed by atoms with Crippen LogP contribution in [0, 0.1) is 13.8 Å². The summed E-state index contributed by atoms with van der Waals surface area (Å²) in [5.74, 6) is -0.00986. The van der Waals surface area contributed by atoms with Crippen LogP contribution in [-0.2, 0) is 0 Å². The molecule has 1 amide bonds. The van der Waals surface area contributed by atoms with Gasteiger partial charge in [-0.05, 0) is 33.3 Å². The molecular formula is C12H18N2O2. The van der Waals surface area contributed by atoms with Gasteiger partial charge in [0.05, 0.1) is 11.3 Å². The molecule has 1 aromatic rings. The summed E-state index contributed by atoms with van der Waals surface area (Å²) in [6, 6.07) is 0. The van der Waals surface area contributed by atoms with Crippen molar-refractivity contribution in [3.63, 3.8) is 0 Å². The molecular weight excluding hydrogens is 204 g/mol. The Morgan fingerprint density at radius 1 is 1.31 bits per heavy atom. The molecule has 0 aliphatic carbocycles. The number of carbonyl (C=O) groups excluding carboxylic acids is 2. The second-order valence-electron chi connectivity index (χ2n) is 3.76. The van der Waals surface area contributed by atoms with Crippen molar-refractivity contribution in [2.45, 2.75) is 27.7 Å². The van der Waals surface area contributed by atoms with Crippen LogP contribution < -0.4 is 0 Å². The zero-order valence-corrected chi connectivity index (χ0v) is 10.3. The van der Waals surface area contributed by atoms with Crippen molar-refractivity contribution in [3.05, 3.63) is 22.5 Å². The third-order valence-corrected chi connectivity index (χ3v) is 2.86. The largest absolute Gasteiger partial charge is 0.356 e. The van der Waals surface area contributed by atoms with Crippen molar-refractivity contribution < 1.29 is 9.59 Å². The number of amides is 1. The van der Waals surface area contributed by atoms with Crippen molar-refractivity contribution in [2.24, 2.45) is 0 Å². The van der Waals surface area contributed by atoms with Gasteiger partial charge in [0.15, 0.2) is 6.29 Å². The lowest BCUT2D eigenvalue weighted by Crippen LogP contribution is -2.31. The van der Waals surface area contributed by atoms with Gasteiger partial charge in [-0.3, -0.25) is 9.59 Å². The standard InChI is InChI=1S/C12H18N2O2/c1-5-14(6-2)12(16)11-8(3)10(7-15)13-9(11)4/h7,13H,5-6H2,1-4H3. The summed E-state index contributed by atoms with van der Waals surface area (Å²) in [6.07, 6.45) is 0.751. The normalized spacial score (nSPS) is 10.2. The number of hydrogen-bond acceptors (Lipinski definition) is 2. The van der Waals surface area contributed by atoms with Gasteiger partial charge < -0.3 is 9.88 Å². The maximum Gasteiger partial charge on any atom is 0.255 e. The third-order valence-electron chi connectivity index (χ3n) is 2.86. The number of hydrogen-bond donors (Lipinski definition) is 1. The van der Waals surface area contributed by atoms with Gasteiger partial charge in [-0.2, -0.15) is 0 Å². The van der Waals surface area contributed by atoms with Crippen molar-refractivity contribution in [2.75, 3.05) is 13.1 Å². The third kappa shape index (κ3) is 2.01. The molecule has 0 saturated carbocycles. The van der Waals surface area contributed by atoms with Gasteiger partial charge in [0.1, 0.15) is 0 Å². The quantitative estimate of drug-likeness (QED) is 0.791. The van der Waals surface area contributed by atoms with Gasteiger partial charge in [-0.1, -0.05) is 0 Å². The number of nitrogens with zero attached hydrogens (tertiary/aromatic N) is 1. The number of aromatic amines is 1. The number of rotatable bonds is 4. The molecule has 1 N–H and O–H groups in total. The Labute approximate surface area is 95.6 Å². The summed E-state index contributed by atoms with van der Waals surface area (Å²) in [5, 5.41) is 0. The fraction of sp³-hybridized carbons (Fsp3) is 0.500. The van der Waals surface area contributed by atoms with Gasteiger partial charge in [-0.25, -0.2) is 0 Å². The number of aromatic nitrogens is 1. The van der Waals surface area contributed by atoms with Crippen LogP contribution in [0.2, 0.25) is 0 Å². The SMILES string of the molecule is CCN(CC)C(=O)c1c(C)[nH]c(C=O)c1C. The van der Waals surface area contributed by atoms with Crippen molar-refractivity contribution >= 4 is 12.2 Å². The van der Waals surface area contributed by atoms with E-state index >= 15 is 0 Å². The molecule has 0 aliphatic rings. The topological polar surface area (TPSA) is 53.2 Å². The fourth-order valence-corrected chi connectivity index (χ4v) is 1.88. The average Bonchev–Trinajstić information content (AvgIpc) is 2.55. The molecule has 1 heterocycles. The van der Waals surface area contributed by atoms with Gasteiger partial charge in [0.25, 0.3) is 5.91 Å². The summed E-state index contributed by atoms with van der Waals surface area (Å²) in [7, 11) is 0. The number of nitrogens with one attached hydrogen (secondary N) is 1. The second kappa shape index (κ2) is 4.96. The van der Waals surface area contributed by atoms with E-state index in [0.29, 0.717) is 24.3 Å². The molecule has 0 bridgehead atoms. The van der Waals surface area contributed by atoms with E-state index in [2.05, 4.69) is 4.98 Å². The molecule has 0 aromatic carbocycles. The zero-order valence-electron chi connectivity index (χ0n) is 10.3. The smallest absolute Gasteiger partial charge is 0.255 e. The minimum absolute atomic E-state index is 0.00986. The molecule has 0 unspecified atom stereocenters. The van der Waals surface area contributed by atoms with E-state index < -0.39 is 0 Å². The van der Waals surface area contributed by atoms with E-state index in [1.165, 1.54) is 0 Å². The average molecular weight is 222 g/mol. The van der Waals surface area contributed by atoms with E-state index in [-0.39, 0.29) is 5.91 Å². The van der Waals surface area contributed by atoms with Crippen LogP contribution in [-0.4, -0.2) is 35.2 Å². The maximum absolute atomic E-state index is 12.2. The first-order chi connectivity index (χ1) is 7.56. The maximum atomic E-state index is 12.2. The number of carbonyl (C=O) groups is 2. The van der Waals surface area contributed by atoms with Crippen LogP contribution in [0.5, 0.6) is 0 Å². The van der Waals surface area contributed by atoms with Gasteiger partial charge in [0.2, 0.25) is 0 Å². The lowest BCUT2D eigenvalue weighted by molar-refractivity contribution is 0.0772. The minimum Gasteiger partial charge on any atom is -0.356 e. The first-order valence-corrected chi connectivity index (χ1v) is 5.50. The van der Waals surface area contributed by atoms with Crippen molar-refractivity contribution in [3.8, 4) is 0 Å². The Balaban J connectivity index is 3.17. The predicted octanol–water partition coefficient (Wildman–Crippen LogP) is 1.93. The lowest BCUT2D eigenvalue weighted by Gasteiger charge is -2.18. The van der Waals surface area contributed by atoms with E-state index in [4.69, 9.17) is 0 Å². The fourth-order valence-electron chi connectivity index (χ4n) is 1.88. The highest BCUT2D eigenvalue weighted by molar-refractivity contribution is 5.99. The molecule has 0 saturated heterocycles. The van der Waals surface area contributed by atoms with Crippen LogP contribution in [0.1, 0.15) is 46.0 Å². The molecule has 88 valence electrons. The molecule has 0 radical (unpaired) electrons. The molecule has 1 rings (SSSR count). The second-order valence-corrected chi connectivity index (χ2v) is 3.76. The highest BCUT2D eigenvalue weighted by Gasteiger charge is 2.21. The monoisotopic (exact) mass is 222 g/mol. The van der Waals surface area contributed by atoms with Crippen LogP contribution in [0.3, 0.4) is 0 Å². The Morgan fingerprint density at radius 2 is 1.88 bits per heavy atom. The van der Waals surface area contributed by atoms with Gasteiger partial charge in [-0.15, -0.1) is 0 Å². The highest BCUT2D eigenvalue weighted by atomic mass is 16.2. The summed E-state index contributed by atoms with van der Waals surface area (Å²) in [5.41, 5.74) is 2.62. The molecule has 1 aromatic heterocycles. The summed E-state index contributed by atoms with van der Waals surface area (Å²) < 4.78 is 0. The number of aryl methyl sites for hydroxylation is 1. The molecule has 16 heavy (non-hydrogen) atoms. The van der Waals surface area contributed by atoms with E-state index in [1.54, 1.807) is 11.8 Å². The van der Waals surface area contributed by atoms with Gasteiger partial charge in [0, 0.05) is 18.8 Å². The molecule has 4 heteroatoms. The molecule has 0 atom stereocenters. The van der Waals surface area contributed by atoms with E-state index in [9.17, 15) is 9.59 Å². The first-order valence-electron chi connectivity index (χ1n) is 5.50. The predicted molar refractivity (Wildman–Crippen MR) is 62.9 cm³/mol. The van der Waals surface area contributed by atoms with Crippen molar-refractivity contribution in [1.29, 1.82) is 0 Å². The Hall–Kier alpha value is -1.58. The Bertz CT molecular complexity index is 403. The van der Waals surface area contributed by atoms with Crippen LogP contribution in [0.25, 0.3) is 0 Å². The Kier molecular flexibility index (Phi) is 3.88. The van der Waals surface area contributed by atoms with E-state index in [1.807, 2.05) is 20.8 Å². The molecule has 0 aliphatic heterocycles. The summed E-state index contributed by atoms with van der Waals surface area (Å²) in [6.45, 7) is 8.85. The van der Waals surface area contributed by atoms with Crippen LogP contribution in [0.15, 0.2) is 0 Å². The number of aldehydes is 1. The van der Waals surface area contributed by atoms with Gasteiger partial charge >= 0.3 is 0 Å². The molecule has 4 nitrogen and oxygen atoms in total. The highest BCUT2D eigenvalue weighted by Crippen LogP contribution is 2.18. The summed E-state index contributed by atoms with van der Waals surface area (Å²) in [4.78, 5) is 27.6. The first kappa shape index (κ1) is 12.5. The molecule has 0 fully saturated rings. The van der Waals surface area contributed by atoms with Crippen LogP contribution >= 0.6 is 0 Å². The number of H-pyrrole nitrogens is 1. The van der Waals surface area contributed by atoms with E-state index in [0.717, 1.165) is 17.5 Å². The molecule has 0 spiro atoms. The summed E-state index contributed by atoms with van der Waals surface area (Å²) >= 11 is 0.